The number of nitrogens with one attached hydrogen (secondary N) is 1. The summed E-state index contributed by atoms with van der Waals surface area (Å²) >= 11 is 0. The van der Waals surface area contributed by atoms with E-state index < -0.39 is 0 Å². The topological polar surface area (TPSA) is 75.9 Å². The molecule has 0 aromatic carbocycles. The van der Waals surface area contributed by atoms with Crippen LogP contribution >= 0.6 is 0 Å². The van der Waals surface area contributed by atoms with Crippen molar-refractivity contribution >= 4 is 5.91 Å². The average molecular weight is 314 g/mol. The van der Waals surface area contributed by atoms with Crippen LogP contribution in [-0.4, -0.2) is 43.9 Å². The van der Waals surface area contributed by atoms with Crippen LogP contribution in [0.1, 0.15) is 35.9 Å². The van der Waals surface area contributed by atoms with E-state index in [1.807, 2.05) is 13.1 Å². The first-order chi connectivity index (χ1) is 11.0. The first-order valence-corrected chi connectivity index (χ1v) is 7.83. The van der Waals surface area contributed by atoms with Crippen molar-refractivity contribution in [3.8, 4) is 0 Å². The number of aromatic nitrogens is 4. The molecule has 0 saturated heterocycles. The van der Waals surface area contributed by atoms with E-state index in [2.05, 4.69) is 43.7 Å². The summed E-state index contributed by atoms with van der Waals surface area (Å²) < 4.78 is 2.15. The van der Waals surface area contributed by atoms with Gasteiger partial charge in [-0.2, -0.15) is 0 Å². The molecule has 1 N–H and O–H groups in total. The number of aryl methyl sites for hydroxylation is 1. The summed E-state index contributed by atoms with van der Waals surface area (Å²) in [5.74, 6) is 0.981. The lowest BCUT2D eigenvalue weighted by molar-refractivity contribution is -0.120. The molecule has 122 valence electrons. The minimum absolute atomic E-state index is 0.0520. The highest BCUT2D eigenvalue weighted by molar-refractivity contribution is 5.78. The molecule has 1 amide bonds. The summed E-state index contributed by atoms with van der Waals surface area (Å²) in [5.41, 5.74) is 2.43. The van der Waals surface area contributed by atoms with E-state index in [1.54, 1.807) is 12.4 Å². The zero-order chi connectivity index (χ0) is 16.4. The number of amides is 1. The Morgan fingerprint density at radius 2 is 2.13 bits per heavy atom. The number of rotatable bonds is 4. The number of carbonyl (C=O) groups excluding carboxylic acids is 1. The first-order valence-electron chi connectivity index (χ1n) is 7.83. The molecule has 7 heteroatoms. The largest absolute Gasteiger partial charge is 0.350 e. The number of nitrogens with zero attached hydrogens (tertiary/aromatic N) is 5. The van der Waals surface area contributed by atoms with Gasteiger partial charge >= 0.3 is 0 Å². The molecule has 0 unspecified atom stereocenters. The molecule has 1 atom stereocenters. The molecule has 0 radical (unpaired) electrons. The van der Waals surface area contributed by atoms with Crippen molar-refractivity contribution in [1.29, 1.82) is 0 Å². The van der Waals surface area contributed by atoms with Gasteiger partial charge in [-0.1, -0.05) is 0 Å². The predicted molar refractivity (Wildman–Crippen MR) is 85.6 cm³/mol. The minimum atomic E-state index is -0.0520. The van der Waals surface area contributed by atoms with E-state index in [-0.39, 0.29) is 18.4 Å². The number of hydrogen-bond acceptors (Lipinski definition) is 5. The maximum absolute atomic E-state index is 12.1. The highest BCUT2D eigenvalue weighted by Crippen LogP contribution is 2.22. The van der Waals surface area contributed by atoms with E-state index in [9.17, 15) is 4.79 Å². The highest BCUT2D eigenvalue weighted by atomic mass is 16.1. The predicted octanol–water partition coefficient (Wildman–Crippen LogP) is 0.847. The van der Waals surface area contributed by atoms with Gasteiger partial charge in [-0.05, 0) is 20.9 Å². The fourth-order valence-corrected chi connectivity index (χ4v) is 2.67. The van der Waals surface area contributed by atoms with E-state index in [0.29, 0.717) is 6.54 Å². The maximum Gasteiger partial charge on any atom is 0.226 e. The van der Waals surface area contributed by atoms with E-state index in [1.165, 1.54) is 0 Å². The van der Waals surface area contributed by atoms with Crippen molar-refractivity contribution in [1.82, 2.24) is 29.7 Å². The fourth-order valence-electron chi connectivity index (χ4n) is 2.67. The second kappa shape index (κ2) is 6.45. The van der Waals surface area contributed by atoms with Gasteiger partial charge in [0.1, 0.15) is 5.82 Å². The van der Waals surface area contributed by atoms with Crippen LogP contribution in [0.3, 0.4) is 0 Å². The Hall–Kier alpha value is -2.28. The van der Waals surface area contributed by atoms with E-state index in [0.717, 1.165) is 36.0 Å². The van der Waals surface area contributed by atoms with E-state index >= 15 is 0 Å². The van der Waals surface area contributed by atoms with Gasteiger partial charge in [0.2, 0.25) is 5.91 Å². The number of carbonyl (C=O) groups is 1. The fraction of sp³-hybridized carbons (Fsp3) is 0.500. The number of imidazole rings is 1. The number of likely N-dealkylation sites (N-methyl/N-ethyl adjacent to an activating group) is 1. The maximum atomic E-state index is 12.1. The highest BCUT2D eigenvalue weighted by Gasteiger charge is 2.23. The number of fused-ring (bicyclic) bond motifs is 1. The Kier molecular flexibility index (Phi) is 4.38. The second-order valence-corrected chi connectivity index (χ2v) is 6.04. The molecule has 0 aliphatic carbocycles. The Labute approximate surface area is 135 Å². The normalized spacial score (nSPS) is 17.8. The SMILES string of the molecule is Cc1cnc(CNC(=O)Cc2cn3c(n2)[C@H](C)N(C)CC3)cn1. The van der Waals surface area contributed by atoms with Crippen LogP contribution in [0.15, 0.2) is 18.6 Å². The van der Waals surface area contributed by atoms with Gasteiger partial charge in [0.05, 0.1) is 42.3 Å². The molecule has 2 aromatic heterocycles. The smallest absolute Gasteiger partial charge is 0.226 e. The molecular formula is C16H22N6O. The molecule has 0 saturated carbocycles. The summed E-state index contributed by atoms with van der Waals surface area (Å²) in [6, 6.07) is 0.281. The molecule has 0 spiro atoms. The summed E-state index contributed by atoms with van der Waals surface area (Å²) in [6.07, 6.45) is 5.66. The number of hydrogen-bond donors (Lipinski definition) is 1. The summed E-state index contributed by atoms with van der Waals surface area (Å²) in [5, 5.41) is 2.87. The van der Waals surface area contributed by atoms with Gasteiger partial charge in [-0.25, -0.2) is 4.98 Å². The minimum Gasteiger partial charge on any atom is -0.350 e. The lowest BCUT2D eigenvalue weighted by Crippen LogP contribution is -2.33. The zero-order valence-electron chi connectivity index (χ0n) is 13.8. The third-order valence-corrected chi connectivity index (χ3v) is 4.23. The lowest BCUT2D eigenvalue weighted by atomic mass is 10.2. The van der Waals surface area contributed by atoms with Gasteiger partial charge in [0.25, 0.3) is 0 Å². The van der Waals surface area contributed by atoms with Crippen LogP contribution in [0.4, 0.5) is 0 Å². The molecule has 1 aliphatic rings. The molecule has 0 fully saturated rings. The molecule has 1 aliphatic heterocycles. The van der Waals surface area contributed by atoms with Gasteiger partial charge in [0, 0.05) is 25.5 Å². The Bertz CT molecular complexity index is 693. The van der Waals surface area contributed by atoms with Gasteiger partial charge in [-0.15, -0.1) is 0 Å². The Balaban J connectivity index is 1.58. The molecule has 3 rings (SSSR count). The lowest BCUT2D eigenvalue weighted by Gasteiger charge is -2.30. The quantitative estimate of drug-likeness (QED) is 0.905. The Morgan fingerprint density at radius 1 is 1.30 bits per heavy atom. The van der Waals surface area contributed by atoms with Crippen LogP contribution in [-0.2, 0) is 24.3 Å². The molecule has 3 heterocycles. The standard InChI is InChI=1S/C16H22N6O/c1-11-7-18-14(8-17-11)9-19-15(23)6-13-10-22-5-4-21(3)12(2)16(22)20-13/h7-8,10,12H,4-6,9H2,1-3H3,(H,19,23)/t12-/m0/s1. The van der Waals surface area contributed by atoms with Crippen molar-refractivity contribution in [2.45, 2.75) is 39.4 Å². The van der Waals surface area contributed by atoms with Crippen LogP contribution < -0.4 is 5.32 Å². The van der Waals surface area contributed by atoms with Crippen LogP contribution in [0.2, 0.25) is 0 Å². The first kappa shape index (κ1) is 15.6. The van der Waals surface area contributed by atoms with Crippen LogP contribution in [0.25, 0.3) is 0 Å². The third kappa shape index (κ3) is 3.56. The van der Waals surface area contributed by atoms with Crippen molar-refractivity contribution in [2.24, 2.45) is 0 Å². The van der Waals surface area contributed by atoms with Crippen molar-refractivity contribution < 1.29 is 4.79 Å². The zero-order valence-corrected chi connectivity index (χ0v) is 13.8. The van der Waals surface area contributed by atoms with Crippen LogP contribution in [0.5, 0.6) is 0 Å². The van der Waals surface area contributed by atoms with Crippen molar-refractivity contribution in [3.63, 3.8) is 0 Å². The van der Waals surface area contributed by atoms with Gasteiger partial charge < -0.3 is 9.88 Å². The molecular weight excluding hydrogens is 292 g/mol. The molecule has 23 heavy (non-hydrogen) atoms. The molecule has 0 bridgehead atoms. The van der Waals surface area contributed by atoms with Crippen molar-refractivity contribution in [2.75, 3.05) is 13.6 Å². The monoisotopic (exact) mass is 314 g/mol. The summed E-state index contributed by atoms with van der Waals surface area (Å²) in [6.45, 7) is 6.33. The van der Waals surface area contributed by atoms with Crippen LogP contribution in [0, 0.1) is 6.92 Å². The van der Waals surface area contributed by atoms with Gasteiger partial charge in [0.15, 0.2) is 0 Å². The van der Waals surface area contributed by atoms with Gasteiger partial charge in [-0.3, -0.25) is 19.7 Å². The Morgan fingerprint density at radius 3 is 2.87 bits per heavy atom. The summed E-state index contributed by atoms with van der Waals surface area (Å²) in [4.78, 5) is 27.4. The van der Waals surface area contributed by atoms with Crippen molar-refractivity contribution in [3.05, 3.63) is 41.5 Å². The summed E-state index contributed by atoms with van der Waals surface area (Å²) in [7, 11) is 2.10. The average Bonchev–Trinajstić information content (AvgIpc) is 2.94. The molecule has 7 nitrogen and oxygen atoms in total. The molecule has 2 aromatic rings. The van der Waals surface area contributed by atoms with E-state index in [4.69, 9.17) is 0 Å². The third-order valence-electron chi connectivity index (χ3n) is 4.23. The second-order valence-electron chi connectivity index (χ2n) is 6.04.